The van der Waals surface area contributed by atoms with Gasteiger partial charge in [-0.15, -0.1) is 5.10 Å². The van der Waals surface area contributed by atoms with E-state index in [2.05, 4.69) is 30.8 Å². The van der Waals surface area contributed by atoms with Crippen LogP contribution in [0.25, 0.3) is 5.69 Å². The molecule has 54 heavy (non-hydrogen) atoms. The summed E-state index contributed by atoms with van der Waals surface area (Å²) in [7, 11) is 1.54. The van der Waals surface area contributed by atoms with Crippen molar-refractivity contribution >= 4 is 41.0 Å². The Balaban J connectivity index is 1.09. The molecule has 2 aromatic carbocycles. The number of carbonyl (C=O) groups is 3. The lowest BCUT2D eigenvalue weighted by molar-refractivity contribution is -0.156. The summed E-state index contributed by atoms with van der Waals surface area (Å²) >= 11 is 12.9. The Kier molecular flexibility index (Phi) is 11.1. The Hall–Kier alpha value is -4.67. The van der Waals surface area contributed by atoms with Crippen LogP contribution in [0.5, 0.6) is 5.75 Å². The number of rotatable bonds is 11. The zero-order valence-corrected chi connectivity index (χ0v) is 31.2. The number of nitrogens with zero attached hydrogens (tertiary/aromatic N) is 8. The molecule has 0 spiro atoms. The van der Waals surface area contributed by atoms with Crippen LogP contribution in [0.1, 0.15) is 47.2 Å². The molecule has 4 aromatic rings. The van der Waals surface area contributed by atoms with Crippen molar-refractivity contribution in [3.8, 4) is 11.4 Å². The first-order valence-corrected chi connectivity index (χ1v) is 18.6. The Morgan fingerprint density at radius 3 is 2.48 bits per heavy atom. The maximum absolute atomic E-state index is 14.2. The number of nitrogens with one attached hydrogen (secondary N) is 1. The van der Waals surface area contributed by atoms with E-state index in [1.807, 2.05) is 29.2 Å². The fourth-order valence-corrected chi connectivity index (χ4v) is 8.24. The third kappa shape index (κ3) is 7.51. The third-order valence-electron chi connectivity index (χ3n) is 11.1. The fraction of sp³-hybridized carbons (Fsp3) is 0.432. The lowest BCUT2D eigenvalue weighted by Crippen LogP contribution is -2.62. The van der Waals surface area contributed by atoms with E-state index in [0.717, 1.165) is 17.5 Å². The number of hydrogen-bond donors (Lipinski definition) is 2. The van der Waals surface area contributed by atoms with Crippen molar-refractivity contribution in [3.05, 3.63) is 94.0 Å². The number of morpholine rings is 1. The van der Waals surface area contributed by atoms with Gasteiger partial charge in [-0.2, -0.15) is 0 Å². The van der Waals surface area contributed by atoms with Crippen molar-refractivity contribution in [2.45, 2.75) is 42.6 Å². The molecular formula is C37H41Cl2N9O6. The molecule has 2 aromatic heterocycles. The fourth-order valence-electron chi connectivity index (χ4n) is 7.94. The minimum absolute atomic E-state index is 0.00408. The van der Waals surface area contributed by atoms with Crippen molar-refractivity contribution in [2.24, 2.45) is 0 Å². The lowest BCUT2D eigenvalue weighted by atomic mass is 9.72. The normalized spacial score (nSPS) is 21.8. The topological polar surface area (TPSA) is 168 Å². The summed E-state index contributed by atoms with van der Waals surface area (Å²) in [6.07, 6.45) is 7.29. The van der Waals surface area contributed by atoms with Crippen LogP contribution in [-0.4, -0.2) is 129 Å². The summed E-state index contributed by atoms with van der Waals surface area (Å²) < 4.78 is 12.5. The van der Waals surface area contributed by atoms with Gasteiger partial charge in [-0.25, -0.2) is 9.69 Å². The average molecular weight is 779 g/mol. The van der Waals surface area contributed by atoms with Gasteiger partial charge in [0.15, 0.2) is 0 Å². The van der Waals surface area contributed by atoms with Crippen molar-refractivity contribution in [2.75, 3.05) is 59.6 Å². The average Bonchev–Trinajstić information content (AvgIpc) is 3.90. The molecule has 5 heterocycles. The van der Waals surface area contributed by atoms with Crippen molar-refractivity contribution in [3.63, 3.8) is 0 Å². The monoisotopic (exact) mass is 777 g/mol. The van der Waals surface area contributed by atoms with Crippen LogP contribution < -0.4 is 10.2 Å². The number of carboxylic acids is 1. The first kappa shape index (κ1) is 37.6. The molecule has 2 atom stereocenters. The van der Waals surface area contributed by atoms with Gasteiger partial charge in [0.05, 0.1) is 47.0 Å². The molecule has 15 nitrogen and oxygen atoms in total. The highest BCUT2D eigenvalue weighted by Gasteiger charge is 2.46. The molecule has 0 aliphatic carbocycles. The number of likely N-dealkylation sites (tertiary alicyclic amines) is 2. The molecular weight excluding hydrogens is 737 g/mol. The van der Waals surface area contributed by atoms with E-state index in [1.54, 1.807) is 36.7 Å². The van der Waals surface area contributed by atoms with Gasteiger partial charge in [0, 0.05) is 37.4 Å². The van der Waals surface area contributed by atoms with E-state index >= 15 is 0 Å². The van der Waals surface area contributed by atoms with E-state index in [9.17, 15) is 19.5 Å². The number of halogens is 2. The molecule has 3 aliphatic rings. The first-order valence-electron chi connectivity index (χ1n) is 17.8. The van der Waals surface area contributed by atoms with Gasteiger partial charge in [0.2, 0.25) is 5.91 Å². The number of carbonyl (C=O) groups excluding carboxylic acids is 2. The highest BCUT2D eigenvalue weighted by molar-refractivity contribution is 6.42. The molecule has 7 rings (SSSR count). The van der Waals surface area contributed by atoms with Gasteiger partial charge in [0.1, 0.15) is 18.1 Å². The van der Waals surface area contributed by atoms with Crippen LogP contribution in [0.15, 0.2) is 67.3 Å². The zero-order chi connectivity index (χ0) is 37.9. The minimum Gasteiger partial charge on any atom is -0.496 e. The second kappa shape index (κ2) is 16.0. The quantitative estimate of drug-likeness (QED) is 0.228. The predicted molar refractivity (Wildman–Crippen MR) is 198 cm³/mol. The van der Waals surface area contributed by atoms with E-state index < -0.39 is 22.8 Å². The predicted octanol–water partition coefficient (Wildman–Crippen LogP) is 3.40. The van der Waals surface area contributed by atoms with Crippen molar-refractivity contribution < 1.29 is 29.0 Å². The second-order valence-electron chi connectivity index (χ2n) is 14.0. The highest BCUT2D eigenvalue weighted by atomic mass is 35.5. The molecule has 284 valence electrons. The van der Waals surface area contributed by atoms with Crippen molar-refractivity contribution in [1.29, 1.82) is 0 Å². The SMILES string of the molecule is COc1ccc(-n2cnnn2)cc1C(=O)N1CCC(CCN2CCC(C(=O)NN3CCOCC3C(=O)O)(c3ccncc3)CC2)(c2ccc(Cl)c(Cl)c2)C1. The van der Waals surface area contributed by atoms with Crippen LogP contribution in [0.2, 0.25) is 10.0 Å². The number of hydrazine groups is 1. The minimum atomic E-state index is -1.05. The second-order valence-corrected chi connectivity index (χ2v) is 14.8. The summed E-state index contributed by atoms with van der Waals surface area (Å²) in [5.74, 6) is -1.01. The molecule has 3 fully saturated rings. The number of ether oxygens (including phenoxy) is 2. The van der Waals surface area contributed by atoms with Gasteiger partial charge < -0.3 is 24.4 Å². The first-order chi connectivity index (χ1) is 26.1. The van der Waals surface area contributed by atoms with E-state index in [-0.39, 0.29) is 25.0 Å². The summed E-state index contributed by atoms with van der Waals surface area (Å²) in [4.78, 5) is 48.7. The number of methoxy groups -OCH3 is 1. The van der Waals surface area contributed by atoms with E-state index in [1.165, 1.54) is 23.1 Å². The van der Waals surface area contributed by atoms with Crippen LogP contribution in [0, 0.1) is 0 Å². The molecule has 0 bridgehead atoms. The number of aliphatic carboxylic acids is 1. The summed E-state index contributed by atoms with van der Waals surface area (Å²) in [6.45, 7) is 3.52. The standard InChI is InChI=1S/C37H41Cl2N9O6/c1-53-32-5-3-27(48-24-41-43-44-48)21-28(32)33(49)46-17-9-36(23-46,26-2-4-29(38)30(39)20-26)8-14-45-15-10-37(11-16-45,25-6-12-40-13-7-25)35(52)42-47-18-19-54-22-31(47)34(50)51/h2-7,12-13,20-21,24,31H,8-11,14-19,22-23H2,1H3,(H,42,52)(H,50,51). The largest absolute Gasteiger partial charge is 0.496 e. The summed E-state index contributed by atoms with van der Waals surface area (Å²) in [5.41, 5.74) is 4.52. The smallest absolute Gasteiger partial charge is 0.325 e. The Morgan fingerprint density at radius 1 is 0.981 bits per heavy atom. The Morgan fingerprint density at radius 2 is 1.78 bits per heavy atom. The number of carboxylic acid groups (broad SMARTS) is 1. The molecule has 0 saturated carbocycles. The number of hydrogen-bond acceptors (Lipinski definition) is 11. The number of amides is 2. The maximum atomic E-state index is 14.2. The van der Waals surface area contributed by atoms with Crippen molar-refractivity contribution in [1.82, 2.24) is 45.4 Å². The maximum Gasteiger partial charge on any atom is 0.325 e. The number of aromatic nitrogens is 5. The molecule has 0 radical (unpaired) electrons. The van der Waals surface area contributed by atoms with Crippen LogP contribution in [0.3, 0.4) is 0 Å². The number of tetrazole rings is 1. The summed E-state index contributed by atoms with van der Waals surface area (Å²) in [6, 6.07) is 13.7. The highest BCUT2D eigenvalue weighted by Crippen LogP contribution is 2.42. The van der Waals surface area contributed by atoms with Gasteiger partial charge >= 0.3 is 5.97 Å². The number of benzene rings is 2. The van der Waals surface area contributed by atoms with Gasteiger partial charge in [-0.05, 0) is 109 Å². The molecule has 3 saturated heterocycles. The number of piperidine rings is 1. The van der Waals surface area contributed by atoms with Gasteiger partial charge in [-0.3, -0.25) is 24.8 Å². The van der Waals surface area contributed by atoms with Crippen LogP contribution in [0.4, 0.5) is 0 Å². The Bertz CT molecular complexity index is 1980. The lowest BCUT2D eigenvalue weighted by Gasteiger charge is -2.43. The van der Waals surface area contributed by atoms with Crippen LogP contribution in [-0.2, 0) is 25.2 Å². The molecule has 17 heteroatoms. The summed E-state index contributed by atoms with van der Waals surface area (Å²) in [5, 5.41) is 23.6. The van der Waals surface area contributed by atoms with E-state index in [4.69, 9.17) is 32.7 Å². The molecule has 2 N–H and O–H groups in total. The van der Waals surface area contributed by atoms with Gasteiger partial charge in [0.25, 0.3) is 5.91 Å². The molecule has 2 unspecified atom stereocenters. The van der Waals surface area contributed by atoms with E-state index in [0.29, 0.717) is 85.6 Å². The molecule has 2 amide bonds. The number of pyridine rings is 1. The third-order valence-corrected chi connectivity index (χ3v) is 11.9. The molecule has 3 aliphatic heterocycles. The Labute approximate surface area is 322 Å². The zero-order valence-electron chi connectivity index (χ0n) is 29.7. The van der Waals surface area contributed by atoms with Crippen LogP contribution >= 0.6 is 23.2 Å². The van der Waals surface area contributed by atoms with Gasteiger partial charge in [-0.1, -0.05) is 29.3 Å².